The number of carbonyl (C=O) groups excluding carboxylic acids is 1. The van der Waals surface area contributed by atoms with Crippen molar-refractivity contribution in [3.05, 3.63) is 11.9 Å². The Bertz CT molecular complexity index is 792. The van der Waals surface area contributed by atoms with Crippen molar-refractivity contribution in [1.82, 2.24) is 24.8 Å². The zero-order chi connectivity index (χ0) is 19.9. The van der Waals surface area contributed by atoms with E-state index in [1.54, 1.807) is 11.3 Å². The Morgan fingerprint density at radius 1 is 1.21 bits per heavy atom. The van der Waals surface area contributed by atoms with Crippen LogP contribution >= 0.6 is 11.3 Å². The molecule has 4 rings (SSSR count). The first-order valence-electron chi connectivity index (χ1n) is 10.5. The van der Waals surface area contributed by atoms with Gasteiger partial charge in [0, 0.05) is 37.6 Å². The molecule has 2 fully saturated rings. The zero-order valence-electron chi connectivity index (χ0n) is 17.4. The summed E-state index contributed by atoms with van der Waals surface area (Å²) >= 11 is 1.65. The van der Waals surface area contributed by atoms with Gasteiger partial charge >= 0.3 is 0 Å². The number of carbonyl (C=O) groups is 1. The van der Waals surface area contributed by atoms with Gasteiger partial charge in [0.05, 0.1) is 17.9 Å². The molecule has 0 radical (unpaired) electrons. The molecule has 2 aromatic heterocycles. The van der Waals surface area contributed by atoms with Gasteiger partial charge in [0.2, 0.25) is 16.0 Å². The molecule has 1 unspecified atom stereocenters. The van der Waals surface area contributed by atoms with Crippen molar-refractivity contribution in [3.63, 3.8) is 0 Å². The Morgan fingerprint density at radius 2 is 1.89 bits per heavy atom. The van der Waals surface area contributed by atoms with E-state index in [1.807, 2.05) is 17.6 Å². The highest BCUT2D eigenvalue weighted by Crippen LogP contribution is 2.28. The first-order valence-corrected chi connectivity index (χ1v) is 11.3. The molecule has 28 heavy (non-hydrogen) atoms. The minimum Gasteiger partial charge on any atom is -0.352 e. The van der Waals surface area contributed by atoms with Crippen molar-refractivity contribution in [2.75, 3.05) is 31.1 Å². The molecule has 1 atom stereocenters. The fraction of sp³-hybridized carbons (Fsp3) is 0.750. The molecule has 0 bridgehead atoms. The van der Waals surface area contributed by atoms with Crippen LogP contribution in [0.1, 0.15) is 59.1 Å². The standard InChI is InChI=1S/C20H32N6OS/c1-14(17(27)21-15-7-5-6-8-15)24-9-11-25(12-10-24)19-23-26-13-16(20(2,3)4)22-18(26)28-19/h13-15H,5-12H2,1-4H3,(H,21,27). The van der Waals surface area contributed by atoms with E-state index in [4.69, 9.17) is 10.1 Å². The Hall–Kier alpha value is -1.67. The Labute approximate surface area is 171 Å². The molecule has 3 heterocycles. The molecule has 0 aromatic carbocycles. The fourth-order valence-corrected chi connectivity index (χ4v) is 4.97. The number of fused-ring (bicyclic) bond motifs is 1. The highest BCUT2D eigenvalue weighted by Gasteiger charge is 2.29. The lowest BCUT2D eigenvalue weighted by Gasteiger charge is -2.37. The molecule has 1 aliphatic carbocycles. The van der Waals surface area contributed by atoms with Crippen LogP contribution in [-0.2, 0) is 10.2 Å². The van der Waals surface area contributed by atoms with Gasteiger partial charge in [0.15, 0.2) is 0 Å². The van der Waals surface area contributed by atoms with Crippen molar-refractivity contribution in [1.29, 1.82) is 0 Å². The number of aromatic nitrogens is 3. The molecule has 2 aliphatic rings. The summed E-state index contributed by atoms with van der Waals surface area (Å²) in [5, 5.41) is 9.00. The number of hydrogen-bond donors (Lipinski definition) is 1. The van der Waals surface area contributed by atoms with Crippen LogP contribution in [0.15, 0.2) is 6.20 Å². The van der Waals surface area contributed by atoms with E-state index in [1.165, 1.54) is 12.8 Å². The van der Waals surface area contributed by atoms with Crippen LogP contribution in [0.5, 0.6) is 0 Å². The Balaban J connectivity index is 1.34. The topological polar surface area (TPSA) is 65.8 Å². The smallest absolute Gasteiger partial charge is 0.237 e. The van der Waals surface area contributed by atoms with E-state index in [0.717, 1.165) is 54.8 Å². The number of anilines is 1. The number of piperazine rings is 1. The van der Waals surface area contributed by atoms with Crippen molar-refractivity contribution in [2.45, 2.75) is 70.9 Å². The molecular weight excluding hydrogens is 372 g/mol. The summed E-state index contributed by atoms with van der Waals surface area (Å²) in [6, 6.07) is 0.325. The summed E-state index contributed by atoms with van der Waals surface area (Å²) in [5.41, 5.74) is 1.11. The summed E-state index contributed by atoms with van der Waals surface area (Å²) < 4.78 is 1.91. The van der Waals surface area contributed by atoms with E-state index in [2.05, 4.69) is 35.9 Å². The van der Waals surface area contributed by atoms with Crippen LogP contribution in [0.2, 0.25) is 0 Å². The second-order valence-electron chi connectivity index (χ2n) is 9.18. The van der Waals surface area contributed by atoms with E-state index in [9.17, 15) is 4.79 Å². The van der Waals surface area contributed by atoms with Gasteiger partial charge in [-0.3, -0.25) is 9.69 Å². The maximum Gasteiger partial charge on any atom is 0.237 e. The van der Waals surface area contributed by atoms with Gasteiger partial charge in [-0.15, -0.1) is 5.10 Å². The van der Waals surface area contributed by atoms with Crippen molar-refractivity contribution >= 4 is 27.3 Å². The van der Waals surface area contributed by atoms with E-state index >= 15 is 0 Å². The van der Waals surface area contributed by atoms with Crippen molar-refractivity contribution in [3.8, 4) is 0 Å². The zero-order valence-corrected chi connectivity index (χ0v) is 18.3. The quantitative estimate of drug-likeness (QED) is 0.849. The Kier molecular flexibility index (Phi) is 5.35. The SMILES string of the molecule is CC(C(=O)NC1CCCC1)N1CCN(c2nn3cc(C(C)(C)C)nc3s2)CC1. The predicted molar refractivity (Wildman–Crippen MR) is 113 cm³/mol. The van der Waals surface area contributed by atoms with Gasteiger partial charge in [-0.1, -0.05) is 44.9 Å². The van der Waals surface area contributed by atoms with Crippen LogP contribution in [0, 0.1) is 0 Å². The number of imidazole rings is 1. The normalized spacial score (nSPS) is 20.8. The molecule has 0 spiro atoms. The van der Waals surface area contributed by atoms with Crippen molar-refractivity contribution < 1.29 is 4.79 Å². The predicted octanol–water partition coefficient (Wildman–Crippen LogP) is 2.66. The van der Waals surface area contributed by atoms with E-state index in [0.29, 0.717) is 6.04 Å². The third kappa shape index (κ3) is 4.03. The maximum atomic E-state index is 12.6. The Morgan fingerprint density at radius 3 is 2.50 bits per heavy atom. The first-order chi connectivity index (χ1) is 13.3. The average molecular weight is 405 g/mol. The lowest BCUT2D eigenvalue weighted by molar-refractivity contribution is -0.126. The number of nitrogens with one attached hydrogen (secondary N) is 1. The summed E-state index contributed by atoms with van der Waals surface area (Å²) in [4.78, 5) is 22.9. The van der Waals surface area contributed by atoms with Gasteiger partial charge in [0.25, 0.3) is 0 Å². The van der Waals surface area contributed by atoms with Crippen molar-refractivity contribution in [2.24, 2.45) is 0 Å². The molecule has 7 nitrogen and oxygen atoms in total. The van der Waals surface area contributed by atoms with Crippen LogP contribution in [-0.4, -0.2) is 63.7 Å². The second-order valence-corrected chi connectivity index (χ2v) is 10.1. The monoisotopic (exact) mass is 404 g/mol. The van der Waals surface area contributed by atoms with Crippen LogP contribution in [0.4, 0.5) is 5.13 Å². The largest absolute Gasteiger partial charge is 0.352 e. The molecule has 1 aliphatic heterocycles. The number of hydrogen-bond acceptors (Lipinski definition) is 6. The summed E-state index contributed by atoms with van der Waals surface area (Å²) in [7, 11) is 0. The highest BCUT2D eigenvalue weighted by atomic mass is 32.1. The fourth-order valence-electron chi connectivity index (χ4n) is 4.04. The molecular formula is C20H32N6OS. The number of amides is 1. The maximum absolute atomic E-state index is 12.6. The van der Waals surface area contributed by atoms with Crippen LogP contribution < -0.4 is 10.2 Å². The number of nitrogens with zero attached hydrogens (tertiary/aromatic N) is 5. The first kappa shape index (κ1) is 19.6. The molecule has 1 amide bonds. The second kappa shape index (κ2) is 7.63. The highest BCUT2D eigenvalue weighted by molar-refractivity contribution is 7.20. The van der Waals surface area contributed by atoms with Crippen LogP contribution in [0.25, 0.3) is 4.96 Å². The summed E-state index contributed by atoms with van der Waals surface area (Å²) in [5.74, 6) is 0.183. The lowest BCUT2D eigenvalue weighted by Crippen LogP contribution is -2.54. The molecule has 1 saturated carbocycles. The van der Waals surface area contributed by atoms with Gasteiger partial charge < -0.3 is 10.2 Å². The summed E-state index contributed by atoms with van der Waals surface area (Å²) in [6.07, 6.45) is 6.80. The van der Waals surface area contributed by atoms with Gasteiger partial charge in [-0.25, -0.2) is 9.50 Å². The third-order valence-corrected chi connectivity index (χ3v) is 7.00. The van der Waals surface area contributed by atoms with Gasteiger partial charge in [-0.05, 0) is 19.8 Å². The van der Waals surface area contributed by atoms with Gasteiger partial charge in [-0.2, -0.15) is 0 Å². The average Bonchev–Trinajstić information content (AvgIpc) is 3.36. The molecule has 1 saturated heterocycles. The van der Waals surface area contributed by atoms with Crippen LogP contribution in [0.3, 0.4) is 0 Å². The minimum atomic E-state index is -0.0642. The van der Waals surface area contributed by atoms with E-state index < -0.39 is 0 Å². The third-order valence-electron chi connectivity index (χ3n) is 6.01. The number of rotatable bonds is 4. The summed E-state index contributed by atoms with van der Waals surface area (Å²) in [6.45, 7) is 12.1. The molecule has 8 heteroatoms. The lowest BCUT2D eigenvalue weighted by atomic mass is 9.93. The minimum absolute atomic E-state index is 0.0361. The van der Waals surface area contributed by atoms with E-state index in [-0.39, 0.29) is 17.4 Å². The molecule has 2 aromatic rings. The molecule has 154 valence electrons. The molecule has 1 N–H and O–H groups in total. The van der Waals surface area contributed by atoms with Gasteiger partial charge in [0.1, 0.15) is 0 Å².